The van der Waals surface area contributed by atoms with Crippen LogP contribution >= 0.6 is 0 Å². The van der Waals surface area contributed by atoms with E-state index in [2.05, 4.69) is 135 Å². The van der Waals surface area contributed by atoms with E-state index in [0.717, 1.165) is 135 Å². The first kappa shape index (κ1) is 96.9. The summed E-state index contributed by atoms with van der Waals surface area (Å²) in [5, 5.41) is 73.6. The van der Waals surface area contributed by atoms with Gasteiger partial charge in [-0.05, 0) is 158 Å². The van der Waals surface area contributed by atoms with Gasteiger partial charge in [0, 0.05) is 206 Å². The highest BCUT2D eigenvalue weighted by Gasteiger charge is 2.41. The van der Waals surface area contributed by atoms with Crippen molar-refractivity contribution < 1.29 is 71.3 Å². The molecule has 0 spiro atoms. The number of hydrogen-bond donors (Lipinski definition) is 6. The maximum absolute atomic E-state index is 15.3. The zero-order valence-corrected chi connectivity index (χ0v) is 77.9. The summed E-state index contributed by atoms with van der Waals surface area (Å²) >= 11 is 0. The molecule has 0 aliphatic carbocycles. The Hall–Kier alpha value is -13.7. The number of aromatic nitrogens is 8. The minimum Gasteiger partial charge on any atom is -0.486 e. The molecule has 38 heteroatoms. The molecule has 6 aromatic carbocycles. The largest absolute Gasteiger partial charge is 0.486 e. The molecule has 9 fully saturated rings. The van der Waals surface area contributed by atoms with Gasteiger partial charge in [0.1, 0.15) is 83.4 Å². The fourth-order valence-electron chi connectivity index (χ4n) is 18.1. The maximum Gasteiger partial charge on any atom is 0.256 e. The van der Waals surface area contributed by atoms with E-state index < -0.39 is 72.9 Å². The Morgan fingerprint density at radius 2 is 0.741 bits per heavy atom. The Bertz CT molecular complexity index is 6020. The van der Waals surface area contributed by atoms with E-state index in [4.69, 9.17) is 28.4 Å². The van der Waals surface area contributed by atoms with Crippen LogP contribution in [0.1, 0.15) is 68.4 Å². The van der Waals surface area contributed by atoms with E-state index in [1.165, 1.54) is 49.6 Å². The van der Waals surface area contributed by atoms with Gasteiger partial charge in [-0.25, -0.2) is 43.1 Å². The fourth-order valence-corrected chi connectivity index (χ4v) is 18.1. The molecule has 1 unspecified atom stereocenters. The lowest BCUT2D eigenvalue weighted by molar-refractivity contribution is -0.146. The number of rotatable bonds is 26. The lowest BCUT2D eigenvalue weighted by Crippen LogP contribution is -2.56. The summed E-state index contributed by atoms with van der Waals surface area (Å²) in [5.74, 6) is 2.02. The van der Waals surface area contributed by atoms with Crippen molar-refractivity contribution in [2.24, 2.45) is 13.0 Å². The van der Waals surface area contributed by atoms with Crippen LogP contribution in [-0.4, -0.2) is 327 Å². The second-order valence-corrected chi connectivity index (χ2v) is 36.4. The first-order valence-electron chi connectivity index (χ1n) is 47.3. The number of carbonyl (C=O) groups is 3. The number of aryl methyl sites for hydroxylation is 1. The predicted octanol–water partition coefficient (Wildman–Crippen LogP) is 9.66. The number of hydrogen-bond acceptors (Lipinski definition) is 31. The average Bonchev–Trinajstić information content (AvgIpc) is 1.56. The minimum absolute atomic E-state index is 0.168. The van der Waals surface area contributed by atoms with Crippen LogP contribution in [0.2, 0.25) is 0 Å². The van der Waals surface area contributed by atoms with E-state index >= 15 is 8.78 Å². The summed E-state index contributed by atoms with van der Waals surface area (Å²) < 4.78 is 80.5. The van der Waals surface area contributed by atoms with Gasteiger partial charge in [0.2, 0.25) is 0 Å². The Kier molecular flexibility index (Phi) is 31.3. The SMILES string of the molecule is CC(C)[C@H](O)C(=O)N1CC[C@H](Oc2ccc(-c3nccc(Nc4ccc(N5CCN(C6COC6)CC5)cc4)n3)cc2C#N)[C@H](F)C1.C[C@H](O)C(=O)N1CC[C@H](Oc2ccc(-c3nccc(Nc4ccc(N5CCN(C6COC6)CC5)cc4)n3)cc2C#N)[C@H](F)C1.Cn1cc(C(O)C(=O)N2CC[C@H](Oc3ccc(-c4nccc(Nc5ccc(N6CCN(C7COC7)CC6)cc5)n4)cc3C#N)[C@H](F)C2)cn1. The monoisotopic (exact) mass is 1900 g/mol. The Morgan fingerprint density at radius 1 is 0.424 bits per heavy atom. The van der Waals surface area contributed by atoms with Crippen molar-refractivity contribution in [1.82, 2.24) is 69.1 Å². The topological polar surface area (TPSA) is 399 Å². The van der Waals surface area contributed by atoms with Gasteiger partial charge in [-0.1, -0.05) is 13.8 Å². The number of aliphatic hydroxyl groups excluding tert-OH is 3. The lowest BCUT2D eigenvalue weighted by atomic mass is 10.0. The zero-order chi connectivity index (χ0) is 96.7. The van der Waals surface area contributed by atoms with E-state index in [0.29, 0.717) is 75.3 Å². The summed E-state index contributed by atoms with van der Waals surface area (Å²) in [6, 6.07) is 53.3. The number of carbonyl (C=O) groups excluding carboxylic acids is 3. The van der Waals surface area contributed by atoms with Crippen LogP contribution in [-0.2, 0) is 35.6 Å². The van der Waals surface area contributed by atoms with Crippen LogP contribution in [0.15, 0.2) is 177 Å². The molecule has 6 N–H and O–H groups in total. The molecule has 10 aromatic rings. The quantitative estimate of drug-likeness (QED) is 0.0293. The number of aliphatic hydroxyl groups is 3. The Balaban J connectivity index is 0.000000144. The number of nitrogens with zero attached hydrogens (tertiary/aromatic N) is 20. The first-order valence-corrected chi connectivity index (χ1v) is 47.3. The van der Waals surface area contributed by atoms with Gasteiger partial charge >= 0.3 is 0 Å². The number of halogens is 3. The third kappa shape index (κ3) is 23.8. The molecule has 0 saturated carbocycles. The third-order valence-corrected chi connectivity index (χ3v) is 26.6. The molecule has 4 aromatic heterocycles. The first-order chi connectivity index (χ1) is 67.5. The van der Waals surface area contributed by atoms with Gasteiger partial charge in [-0.2, -0.15) is 20.9 Å². The number of amides is 3. The second-order valence-electron chi connectivity index (χ2n) is 36.4. The molecule has 35 nitrogen and oxygen atoms in total. The molecular formula is C101H114F3N23O12. The van der Waals surface area contributed by atoms with Crippen LogP contribution < -0.4 is 44.9 Å². The van der Waals surface area contributed by atoms with Crippen molar-refractivity contribution in [2.45, 2.75) is 113 Å². The molecule has 19 rings (SSSR count). The number of ether oxygens (including phenoxy) is 6. The van der Waals surface area contributed by atoms with Crippen LogP contribution in [0, 0.1) is 39.9 Å². The fraction of sp³-hybridized carbons (Fsp3) is 0.436. The van der Waals surface area contributed by atoms with Gasteiger partial charge in [-0.15, -0.1) is 0 Å². The number of likely N-dealkylation sites (tertiary alicyclic amines) is 3. The minimum atomic E-state index is -1.51. The van der Waals surface area contributed by atoms with Crippen molar-refractivity contribution in [2.75, 3.05) is 188 Å². The highest BCUT2D eigenvalue weighted by molar-refractivity contribution is 5.83. The molecule has 9 saturated heterocycles. The van der Waals surface area contributed by atoms with Crippen molar-refractivity contribution in [3.05, 3.63) is 199 Å². The van der Waals surface area contributed by atoms with Gasteiger partial charge in [0.25, 0.3) is 17.7 Å². The Labute approximate surface area is 804 Å². The van der Waals surface area contributed by atoms with Crippen LogP contribution in [0.5, 0.6) is 17.2 Å². The molecule has 0 bridgehead atoms. The van der Waals surface area contributed by atoms with E-state index in [1.807, 2.05) is 36.4 Å². The summed E-state index contributed by atoms with van der Waals surface area (Å²) in [6.45, 7) is 22.3. The van der Waals surface area contributed by atoms with Gasteiger partial charge in [0.15, 0.2) is 42.1 Å². The number of benzene rings is 6. The average molecular weight is 1900 g/mol. The molecule has 139 heavy (non-hydrogen) atoms. The predicted molar refractivity (Wildman–Crippen MR) is 513 cm³/mol. The Morgan fingerprint density at radius 3 is 1.01 bits per heavy atom. The molecular weight excluding hydrogens is 1780 g/mol. The number of alkyl halides is 3. The number of piperidine rings is 3. The molecule has 3 amide bonds. The molecule has 9 aliphatic rings. The third-order valence-electron chi connectivity index (χ3n) is 26.6. The summed E-state index contributed by atoms with van der Waals surface area (Å²) in [7, 11) is 1.68. The molecule has 9 aliphatic heterocycles. The van der Waals surface area contributed by atoms with E-state index in [1.54, 1.807) is 118 Å². The summed E-state index contributed by atoms with van der Waals surface area (Å²) in [6.07, 6.45) is -2.08. The molecule has 0 radical (unpaired) electrons. The van der Waals surface area contributed by atoms with E-state index in [-0.39, 0.29) is 98.4 Å². The van der Waals surface area contributed by atoms with Crippen LogP contribution in [0.3, 0.4) is 0 Å². The number of piperazine rings is 3. The van der Waals surface area contributed by atoms with Crippen LogP contribution in [0.4, 0.5) is 64.7 Å². The normalized spacial score (nSPS) is 21.2. The molecule has 13 heterocycles. The number of nitriles is 3. The highest BCUT2D eigenvalue weighted by atomic mass is 19.1. The van der Waals surface area contributed by atoms with Gasteiger partial charge in [0.05, 0.1) is 100 Å². The van der Waals surface area contributed by atoms with E-state index in [9.17, 15) is 49.9 Å². The second kappa shape index (κ2) is 44.8. The van der Waals surface area contributed by atoms with Crippen molar-refractivity contribution >= 4 is 69.3 Å². The molecule has 9 atom stereocenters. The van der Waals surface area contributed by atoms with Gasteiger partial charge in [-0.3, -0.25) is 33.8 Å². The zero-order valence-electron chi connectivity index (χ0n) is 77.9. The highest BCUT2D eigenvalue weighted by Crippen LogP contribution is 2.37. The summed E-state index contributed by atoms with van der Waals surface area (Å²) in [4.78, 5) is 83.1. The standard InChI is InChI=1S/C35H38FN9O4.C34H40FN7O4.C32H36FN7O4/c1-42-19-25(18-39-42)33(46)35(47)45-11-9-31(29(36)20-45)49-30-7-2-23(16-24(30)17-37)34-38-10-8-32(41-34)40-26-3-5-27(6-4-26)43-12-14-44(15-13-43)28-21-48-22-28;1-22(2)32(43)34(44)42-12-10-30(28(35)19-42)46-29-8-3-23(17-24(29)18-36)33-37-11-9-31(39-33)38-25-4-6-26(7-5-25)40-13-15-41(16-14-40)27-20-45-21-27;1-21(41)32(42)40-11-9-29(27(33)18-40)44-28-7-2-22(16-23(28)17-34)31-35-10-8-30(37-31)36-24-3-5-25(6-4-24)38-12-14-39(15-13-38)26-19-43-20-26/h2-8,10,16,18-19,28-29,31,33,46H,9,11-15,20-22H2,1H3,(H,38,40,41);3-9,11,17,22,27-28,30,32,43H,10,12-16,19-21H2,1-2H3,(H,37,38,39);2-8,10,16,21,26-27,29,41H,9,11-15,18-20H2,1H3,(H,35,36,37)/t29-,31+,33?;28-,30+,32+;21-,27+,29-/m110/s1. The maximum atomic E-state index is 15.3. The van der Waals surface area contributed by atoms with Gasteiger partial charge < -0.3 is 89.1 Å². The van der Waals surface area contributed by atoms with Crippen molar-refractivity contribution in [1.29, 1.82) is 15.8 Å². The smallest absolute Gasteiger partial charge is 0.256 e. The van der Waals surface area contributed by atoms with Crippen molar-refractivity contribution in [3.63, 3.8) is 0 Å². The lowest BCUT2D eigenvalue weighted by Gasteiger charge is -2.43. The number of anilines is 9. The molecule has 726 valence electrons. The number of nitrogens with one attached hydrogen (secondary N) is 3. The summed E-state index contributed by atoms with van der Waals surface area (Å²) in [5.41, 5.74) is 9.12. The van der Waals surface area contributed by atoms with Crippen LogP contribution in [0.25, 0.3) is 34.2 Å². The van der Waals surface area contributed by atoms with Crippen molar-refractivity contribution in [3.8, 4) is 69.6 Å².